The average molecular weight is 325 g/mol. The van der Waals surface area contributed by atoms with Crippen molar-refractivity contribution in [2.45, 2.75) is 44.6 Å². The standard InChI is InChI=1S/C20H23NO3/c1-20(12-22)11-17-18(19(23)24-20)16(7-4-8-21-17)15-9-13-5-2-3-6-14(13)10-15/h2-3,5-6,8,15-16,22H,4,7,9-12H2,1H3. The summed E-state index contributed by atoms with van der Waals surface area (Å²) in [7, 11) is 0. The fourth-order valence-electron chi connectivity index (χ4n) is 4.37. The topological polar surface area (TPSA) is 58.9 Å². The minimum atomic E-state index is -0.846. The van der Waals surface area contributed by atoms with E-state index < -0.39 is 5.60 Å². The van der Waals surface area contributed by atoms with Crippen LogP contribution in [0.15, 0.2) is 40.5 Å². The van der Waals surface area contributed by atoms with Crippen molar-refractivity contribution in [3.63, 3.8) is 0 Å². The number of cyclic esters (lactones) is 1. The predicted molar refractivity (Wildman–Crippen MR) is 91.8 cm³/mol. The summed E-state index contributed by atoms with van der Waals surface area (Å²) in [5, 5.41) is 9.57. The maximum Gasteiger partial charge on any atom is 0.336 e. The van der Waals surface area contributed by atoms with Crippen LogP contribution in [-0.2, 0) is 22.4 Å². The third-order valence-electron chi connectivity index (χ3n) is 5.62. The van der Waals surface area contributed by atoms with Crippen LogP contribution in [0.2, 0.25) is 0 Å². The Balaban J connectivity index is 1.67. The van der Waals surface area contributed by atoms with E-state index in [9.17, 15) is 9.90 Å². The maximum atomic E-state index is 12.7. The van der Waals surface area contributed by atoms with Gasteiger partial charge in [0.25, 0.3) is 0 Å². The van der Waals surface area contributed by atoms with Gasteiger partial charge in [-0.25, -0.2) is 4.79 Å². The molecule has 126 valence electrons. The van der Waals surface area contributed by atoms with Crippen LogP contribution in [0.5, 0.6) is 0 Å². The van der Waals surface area contributed by atoms with E-state index in [0.29, 0.717) is 12.3 Å². The van der Waals surface area contributed by atoms with E-state index in [-0.39, 0.29) is 18.5 Å². The molecule has 2 aliphatic heterocycles. The van der Waals surface area contributed by atoms with Crippen molar-refractivity contribution < 1.29 is 14.6 Å². The van der Waals surface area contributed by atoms with Crippen LogP contribution >= 0.6 is 0 Å². The third-order valence-corrected chi connectivity index (χ3v) is 5.62. The summed E-state index contributed by atoms with van der Waals surface area (Å²) in [5.74, 6) is 0.332. The Bertz CT molecular complexity index is 711. The van der Waals surface area contributed by atoms with Gasteiger partial charge in [0.05, 0.1) is 17.9 Å². The van der Waals surface area contributed by atoms with Gasteiger partial charge >= 0.3 is 5.97 Å². The van der Waals surface area contributed by atoms with Crippen molar-refractivity contribution in [1.29, 1.82) is 0 Å². The molecular formula is C20H23NO3. The van der Waals surface area contributed by atoms with E-state index in [2.05, 4.69) is 29.3 Å². The van der Waals surface area contributed by atoms with Gasteiger partial charge in [-0.1, -0.05) is 24.3 Å². The largest absolute Gasteiger partial charge is 0.453 e. The van der Waals surface area contributed by atoms with Gasteiger partial charge in [0.15, 0.2) is 0 Å². The molecular weight excluding hydrogens is 302 g/mol. The van der Waals surface area contributed by atoms with Crippen LogP contribution in [0.4, 0.5) is 0 Å². The molecule has 4 rings (SSSR count). The number of rotatable bonds is 2. The number of esters is 1. The number of aliphatic hydroxyl groups is 1. The Kier molecular flexibility index (Phi) is 3.80. The second kappa shape index (κ2) is 5.85. The fraction of sp³-hybridized carbons (Fsp3) is 0.500. The highest BCUT2D eigenvalue weighted by molar-refractivity contribution is 5.92. The number of carbonyl (C=O) groups is 1. The van der Waals surface area contributed by atoms with E-state index in [4.69, 9.17) is 4.74 Å². The molecule has 0 radical (unpaired) electrons. The van der Waals surface area contributed by atoms with E-state index in [1.807, 2.05) is 6.21 Å². The number of nitrogens with zero attached hydrogens (tertiary/aromatic N) is 1. The summed E-state index contributed by atoms with van der Waals surface area (Å²) >= 11 is 0. The van der Waals surface area contributed by atoms with Crippen molar-refractivity contribution >= 4 is 12.2 Å². The first-order valence-corrected chi connectivity index (χ1v) is 8.76. The maximum absolute atomic E-state index is 12.7. The lowest BCUT2D eigenvalue weighted by Crippen LogP contribution is -2.42. The number of aliphatic imine (C=N–C) groups is 1. The van der Waals surface area contributed by atoms with Gasteiger partial charge in [-0.2, -0.15) is 0 Å². The quantitative estimate of drug-likeness (QED) is 0.851. The van der Waals surface area contributed by atoms with E-state index in [1.54, 1.807) is 6.92 Å². The number of hydrogen-bond donors (Lipinski definition) is 1. The average Bonchev–Trinajstić information content (AvgIpc) is 2.88. The number of fused-ring (bicyclic) bond motifs is 1. The fourth-order valence-corrected chi connectivity index (χ4v) is 4.37. The molecule has 4 heteroatoms. The molecule has 2 unspecified atom stereocenters. The first kappa shape index (κ1) is 15.6. The summed E-state index contributed by atoms with van der Waals surface area (Å²) in [5.41, 5.74) is 3.54. The molecule has 0 bridgehead atoms. The molecule has 1 aromatic carbocycles. The van der Waals surface area contributed by atoms with E-state index in [0.717, 1.165) is 37.0 Å². The van der Waals surface area contributed by atoms with Crippen molar-refractivity contribution in [3.05, 3.63) is 46.7 Å². The SMILES string of the molecule is CC1(CO)CC2=C(C(=O)O1)C(C1Cc3ccccc3C1)CCC=N2. The molecule has 0 amide bonds. The second-order valence-electron chi connectivity index (χ2n) is 7.47. The van der Waals surface area contributed by atoms with Crippen LogP contribution in [0, 0.1) is 11.8 Å². The van der Waals surface area contributed by atoms with Gasteiger partial charge in [0.2, 0.25) is 0 Å². The third kappa shape index (κ3) is 2.59. The first-order valence-electron chi connectivity index (χ1n) is 8.76. The van der Waals surface area contributed by atoms with Crippen LogP contribution in [0.3, 0.4) is 0 Å². The smallest absolute Gasteiger partial charge is 0.336 e. The van der Waals surface area contributed by atoms with Gasteiger partial charge in [-0.05, 0) is 55.6 Å². The van der Waals surface area contributed by atoms with Crippen LogP contribution in [0.1, 0.15) is 37.3 Å². The molecule has 1 N–H and O–H groups in total. The lowest BCUT2D eigenvalue weighted by molar-refractivity contribution is -0.160. The molecule has 2 atom stereocenters. The lowest BCUT2D eigenvalue weighted by Gasteiger charge is -2.36. The number of aliphatic hydroxyl groups excluding tert-OH is 1. The van der Waals surface area contributed by atoms with Crippen LogP contribution in [0.25, 0.3) is 0 Å². The monoisotopic (exact) mass is 325 g/mol. The predicted octanol–water partition coefficient (Wildman–Crippen LogP) is 2.83. The Morgan fingerprint density at radius 1 is 1.29 bits per heavy atom. The summed E-state index contributed by atoms with van der Waals surface area (Å²) in [6, 6.07) is 8.56. The Hall–Kier alpha value is -1.94. The van der Waals surface area contributed by atoms with Crippen molar-refractivity contribution in [2.75, 3.05) is 6.61 Å². The second-order valence-corrected chi connectivity index (χ2v) is 7.47. The zero-order chi connectivity index (χ0) is 16.7. The first-order chi connectivity index (χ1) is 11.6. The molecule has 0 spiro atoms. The van der Waals surface area contributed by atoms with Gasteiger partial charge in [-0.3, -0.25) is 4.99 Å². The molecule has 0 fully saturated rings. The van der Waals surface area contributed by atoms with Crippen LogP contribution < -0.4 is 0 Å². The van der Waals surface area contributed by atoms with Gasteiger partial charge in [-0.15, -0.1) is 0 Å². The molecule has 0 aromatic heterocycles. The Labute approximate surface area is 142 Å². The lowest BCUT2D eigenvalue weighted by atomic mass is 9.78. The highest BCUT2D eigenvalue weighted by Crippen LogP contribution is 2.43. The Morgan fingerprint density at radius 2 is 2.00 bits per heavy atom. The van der Waals surface area contributed by atoms with Crippen LogP contribution in [-0.4, -0.2) is 29.5 Å². The molecule has 2 heterocycles. The minimum Gasteiger partial charge on any atom is -0.453 e. The van der Waals surface area contributed by atoms with Gasteiger partial charge in [0, 0.05) is 12.6 Å². The van der Waals surface area contributed by atoms with Crippen molar-refractivity contribution in [2.24, 2.45) is 16.8 Å². The molecule has 0 saturated heterocycles. The summed E-state index contributed by atoms with van der Waals surface area (Å²) in [4.78, 5) is 17.3. The molecule has 0 saturated carbocycles. The van der Waals surface area contributed by atoms with Crippen molar-refractivity contribution in [1.82, 2.24) is 0 Å². The molecule has 1 aliphatic carbocycles. The zero-order valence-corrected chi connectivity index (χ0v) is 14.0. The normalized spacial score (nSPS) is 29.9. The highest BCUT2D eigenvalue weighted by atomic mass is 16.6. The number of hydrogen-bond acceptors (Lipinski definition) is 4. The van der Waals surface area contributed by atoms with Gasteiger partial charge in [0.1, 0.15) is 5.60 Å². The zero-order valence-electron chi connectivity index (χ0n) is 14.0. The molecule has 1 aromatic rings. The minimum absolute atomic E-state index is 0.176. The highest BCUT2D eigenvalue weighted by Gasteiger charge is 2.43. The van der Waals surface area contributed by atoms with E-state index in [1.165, 1.54) is 11.1 Å². The summed E-state index contributed by atoms with van der Waals surface area (Å²) < 4.78 is 5.59. The molecule has 24 heavy (non-hydrogen) atoms. The number of ether oxygens (including phenoxy) is 1. The summed E-state index contributed by atoms with van der Waals surface area (Å²) in [6.45, 7) is 1.60. The van der Waals surface area contributed by atoms with Gasteiger partial charge < -0.3 is 9.84 Å². The molecule has 3 aliphatic rings. The van der Waals surface area contributed by atoms with E-state index >= 15 is 0 Å². The molecule has 4 nitrogen and oxygen atoms in total. The Morgan fingerprint density at radius 3 is 2.67 bits per heavy atom. The summed E-state index contributed by atoms with van der Waals surface area (Å²) in [6.07, 6.45) is 6.27. The number of carbonyl (C=O) groups excluding carboxylic acids is 1. The number of benzene rings is 1. The van der Waals surface area contributed by atoms with Crippen molar-refractivity contribution in [3.8, 4) is 0 Å².